The van der Waals surface area contributed by atoms with E-state index in [4.69, 9.17) is 5.11 Å². The number of carboxylic acid groups (broad SMARTS) is 1. The molecule has 0 fully saturated rings. The molecule has 1 aromatic carbocycles. The summed E-state index contributed by atoms with van der Waals surface area (Å²) in [5.74, 6) is -0.565. The van der Waals surface area contributed by atoms with Gasteiger partial charge in [0.15, 0.2) is 0 Å². The van der Waals surface area contributed by atoms with Gasteiger partial charge in [0.25, 0.3) is 0 Å². The molecule has 1 aromatic rings. The van der Waals surface area contributed by atoms with Crippen LogP contribution in [0.2, 0.25) is 0 Å². The summed E-state index contributed by atoms with van der Waals surface area (Å²) in [4.78, 5) is 24.5. The number of nitrogens with zero attached hydrogens (tertiary/aromatic N) is 1. The van der Waals surface area contributed by atoms with E-state index in [1.807, 2.05) is 45.0 Å². The molecule has 5 heteroatoms. The average molecular weight is 292 g/mol. The van der Waals surface area contributed by atoms with Crippen molar-refractivity contribution in [1.82, 2.24) is 5.32 Å². The normalized spacial score (nSPS) is 10.5. The Hall–Kier alpha value is -2.04. The molecule has 0 aliphatic carbocycles. The van der Waals surface area contributed by atoms with E-state index in [1.54, 1.807) is 4.90 Å². The van der Waals surface area contributed by atoms with Crippen LogP contribution in [0.4, 0.5) is 5.69 Å². The summed E-state index contributed by atoms with van der Waals surface area (Å²) >= 11 is 0. The zero-order chi connectivity index (χ0) is 15.8. The van der Waals surface area contributed by atoms with Crippen LogP contribution in [0.3, 0.4) is 0 Å². The highest BCUT2D eigenvalue weighted by Crippen LogP contribution is 2.15. The van der Waals surface area contributed by atoms with Crippen molar-refractivity contribution in [2.45, 2.75) is 27.2 Å². The maximum Gasteiger partial charge on any atom is 0.305 e. The number of hydrogen-bond acceptors (Lipinski definition) is 3. The predicted molar refractivity (Wildman–Crippen MR) is 83.5 cm³/mol. The lowest BCUT2D eigenvalue weighted by atomic mass is 10.2. The van der Waals surface area contributed by atoms with E-state index in [2.05, 4.69) is 5.32 Å². The van der Waals surface area contributed by atoms with Crippen molar-refractivity contribution in [2.75, 3.05) is 24.5 Å². The van der Waals surface area contributed by atoms with E-state index in [0.29, 0.717) is 19.0 Å². The molecule has 0 saturated heterocycles. The SMILES string of the molecule is Cc1ccc(N(CCC(=O)O)CC(=O)NCC(C)C)cc1. The third-order valence-electron chi connectivity index (χ3n) is 3.04. The summed E-state index contributed by atoms with van der Waals surface area (Å²) in [5, 5.41) is 11.7. The van der Waals surface area contributed by atoms with Crippen LogP contribution in [0, 0.1) is 12.8 Å². The number of nitrogens with one attached hydrogen (secondary N) is 1. The van der Waals surface area contributed by atoms with Gasteiger partial charge in [0.05, 0.1) is 13.0 Å². The van der Waals surface area contributed by atoms with Crippen molar-refractivity contribution in [3.05, 3.63) is 29.8 Å². The second-order valence-electron chi connectivity index (χ2n) is 5.60. The maximum atomic E-state index is 11.9. The molecule has 0 saturated carbocycles. The van der Waals surface area contributed by atoms with E-state index < -0.39 is 5.97 Å². The van der Waals surface area contributed by atoms with Crippen molar-refractivity contribution in [2.24, 2.45) is 5.92 Å². The summed E-state index contributed by atoms with van der Waals surface area (Å²) in [6, 6.07) is 7.73. The van der Waals surface area contributed by atoms with Crippen LogP contribution >= 0.6 is 0 Å². The highest BCUT2D eigenvalue weighted by molar-refractivity contribution is 5.81. The summed E-state index contributed by atoms with van der Waals surface area (Å²) in [5.41, 5.74) is 1.99. The minimum absolute atomic E-state index is 0.00529. The number of rotatable bonds is 8. The molecule has 0 atom stereocenters. The predicted octanol–water partition coefficient (Wildman–Crippen LogP) is 2.05. The van der Waals surface area contributed by atoms with Crippen LogP contribution in [-0.2, 0) is 9.59 Å². The minimum atomic E-state index is -0.866. The van der Waals surface area contributed by atoms with Crippen molar-refractivity contribution in [3.63, 3.8) is 0 Å². The standard InChI is InChI=1S/C16H24N2O3/c1-12(2)10-17-15(19)11-18(9-8-16(20)21)14-6-4-13(3)5-7-14/h4-7,12H,8-11H2,1-3H3,(H,17,19)(H,20,21). The van der Waals surface area contributed by atoms with Crippen molar-refractivity contribution >= 4 is 17.6 Å². The van der Waals surface area contributed by atoms with Crippen LogP contribution in [0.5, 0.6) is 0 Å². The van der Waals surface area contributed by atoms with Gasteiger partial charge in [-0.15, -0.1) is 0 Å². The van der Waals surface area contributed by atoms with Crippen LogP contribution in [0.1, 0.15) is 25.8 Å². The second-order valence-corrected chi connectivity index (χ2v) is 5.60. The van der Waals surface area contributed by atoms with Gasteiger partial charge in [-0.3, -0.25) is 9.59 Å². The van der Waals surface area contributed by atoms with Gasteiger partial charge in [-0.05, 0) is 25.0 Å². The van der Waals surface area contributed by atoms with Gasteiger partial charge in [-0.1, -0.05) is 31.5 Å². The first-order valence-electron chi connectivity index (χ1n) is 7.18. The zero-order valence-electron chi connectivity index (χ0n) is 12.9. The van der Waals surface area contributed by atoms with Crippen LogP contribution in [0.25, 0.3) is 0 Å². The minimum Gasteiger partial charge on any atom is -0.481 e. The number of carboxylic acids is 1. The largest absolute Gasteiger partial charge is 0.481 e. The van der Waals surface area contributed by atoms with Gasteiger partial charge in [-0.2, -0.15) is 0 Å². The van der Waals surface area contributed by atoms with Gasteiger partial charge >= 0.3 is 5.97 Å². The molecule has 5 nitrogen and oxygen atoms in total. The molecule has 116 valence electrons. The molecule has 0 aliphatic rings. The first kappa shape index (κ1) is 17.0. The Balaban J connectivity index is 2.70. The van der Waals surface area contributed by atoms with Crippen LogP contribution in [-0.4, -0.2) is 36.6 Å². The molecule has 0 aliphatic heterocycles. The number of carbonyl (C=O) groups is 2. The Morgan fingerprint density at radius 3 is 2.38 bits per heavy atom. The Morgan fingerprint density at radius 1 is 1.24 bits per heavy atom. The molecule has 21 heavy (non-hydrogen) atoms. The molecule has 0 heterocycles. The van der Waals surface area contributed by atoms with Gasteiger partial charge in [0.2, 0.25) is 5.91 Å². The van der Waals surface area contributed by atoms with Crippen LogP contribution in [0.15, 0.2) is 24.3 Å². The molecule has 0 spiro atoms. The molecular weight excluding hydrogens is 268 g/mol. The lowest BCUT2D eigenvalue weighted by Crippen LogP contribution is -2.39. The van der Waals surface area contributed by atoms with Crippen LogP contribution < -0.4 is 10.2 Å². The fourth-order valence-electron chi connectivity index (χ4n) is 1.83. The number of benzene rings is 1. The second kappa shape index (κ2) is 8.29. The summed E-state index contributed by atoms with van der Waals surface area (Å²) < 4.78 is 0. The third-order valence-corrected chi connectivity index (χ3v) is 3.04. The number of aliphatic carboxylic acids is 1. The molecule has 0 unspecified atom stereocenters. The molecule has 2 N–H and O–H groups in total. The van der Waals surface area contributed by atoms with Gasteiger partial charge in [-0.25, -0.2) is 0 Å². The van der Waals surface area contributed by atoms with E-state index in [-0.39, 0.29) is 18.9 Å². The molecule has 1 amide bonds. The fraction of sp³-hybridized carbons (Fsp3) is 0.500. The summed E-state index contributed by atoms with van der Waals surface area (Å²) in [6.45, 7) is 7.15. The number of anilines is 1. The van der Waals surface area contributed by atoms with E-state index >= 15 is 0 Å². The third kappa shape index (κ3) is 6.79. The van der Waals surface area contributed by atoms with Gasteiger partial charge < -0.3 is 15.3 Å². The lowest BCUT2D eigenvalue weighted by molar-refractivity contribution is -0.136. The Bertz CT molecular complexity index is 469. The van der Waals surface area contributed by atoms with E-state index in [1.165, 1.54) is 0 Å². The summed E-state index contributed by atoms with van der Waals surface area (Å²) in [6.07, 6.45) is 0.00529. The topological polar surface area (TPSA) is 69.6 Å². The molecule has 0 aromatic heterocycles. The smallest absolute Gasteiger partial charge is 0.305 e. The van der Waals surface area contributed by atoms with E-state index in [9.17, 15) is 9.59 Å². The monoisotopic (exact) mass is 292 g/mol. The molecule has 0 bridgehead atoms. The van der Waals surface area contributed by atoms with E-state index in [0.717, 1.165) is 11.3 Å². The number of amides is 1. The van der Waals surface area contributed by atoms with Crippen molar-refractivity contribution < 1.29 is 14.7 Å². The molecular formula is C16H24N2O3. The Labute approximate surface area is 126 Å². The summed E-state index contributed by atoms with van der Waals surface area (Å²) in [7, 11) is 0. The van der Waals surface area contributed by atoms with Gasteiger partial charge in [0, 0.05) is 18.8 Å². The maximum absolute atomic E-state index is 11.9. The zero-order valence-corrected chi connectivity index (χ0v) is 12.9. The van der Waals surface area contributed by atoms with Gasteiger partial charge in [0.1, 0.15) is 0 Å². The fourth-order valence-corrected chi connectivity index (χ4v) is 1.83. The quantitative estimate of drug-likeness (QED) is 0.769. The Morgan fingerprint density at radius 2 is 1.86 bits per heavy atom. The average Bonchev–Trinajstić information content (AvgIpc) is 2.42. The van der Waals surface area contributed by atoms with Crippen molar-refractivity contribution in [1.29, 1.82) is 0 Å². The number of aryl methyl sites for hydroxylation is 1. The van der Waals surface area contributed by atoms with Crippen molar-refractivity contribution in [3.8, 4) is 0 Å². The number of carbonyl (C=O) groups excluding carboxylic acids is 1. The Kier molecular flexibility index (Phi) is 6.72. The molecule has 1 rings (SSSR count). The lowest BCUT2D eigenvalue weighted by Gasteiger charge is -2.24. The first-order chi connectivity index (χ1) is 9.88. The first-order valence-corrected chi connectivity index (χ1v) is 7.18. The number of hydrogen-bond donors (Lipinski definition) is 2. The molecule has 0 radical (unpaired) electrons. The highest BCUT2D eigenvalue weighted by Gasteiger charge is 2.13. The highest BCUT2D eigenvalue weighted by atomic mass is 16.4.